The van der Waals surface area contributed by atoms with Crippen molar-refractivity contribution in [2.75, 3.05) is 24.7 Å². The average molecular weight is 689 g/mol. The highest BCUT2D eigenvalue weighted by molar-refractivity contribution is 7.47. The molecule has 3 saturated heterocycles. The molecule has 0 spiro atoms. The molecule has 0 aromatic carbocycles. The van der Waals surface area contributed by atoms with Gasteiger partial charge >= 0.3 is 15.6 Å². The van der Waals surface area contributed by atoms with Crippen molar-refractivity contribution in [2.24, 2.45) is 5.73 Å². The molecule has 24 nitrogen and oxygen atoms in total. The minimum atomic E-state index is -5.06. The topological polar surface area (TPSA) is 355 Å². The Balaban J connectivity index is 1.18. The number of aliphatic hydroxyl groups excluding tert-OH is 1. The summed E-state index contributed by atoms with van der Waals surface area (Å²) in [6.07, 6.45) is -8.33. The van der Waals surface area contributed by atoms with Crippen LogP contribution in [0.1, 0.15) is 12.5 Å². The van der Waals surface area contributed by atoms with Gasteiger partial charge in [-0.3, -0.25) is 46.8 Å². The molecule has 2 unspecified atom stereocenters. The van der Waals surface area contributed by atoms with Crippen LogP contribution in [0.2, 0.25) is 0 Å². The van der Waals surface area contributed by atoms with Crippen LogP contribution in [-0.2, 0) is 36.7 Å². The van der Waals surface area contributed by atoms with Gasteiger partial charge in [-0.15, -0.1) is 0 Å². The van der Waals surface area contributed by atoms with Crippen LogP contribution >= 0.6 is 15.6 Å². The van der Waals surface area contributed by atoms with Gasteiger partial charge < -0.3 is 41.6 Å². The Labute approximate surface area is 253 Å². The van der Waals surface area contributed by atoms with Gasteiger partial charge in [0.05, 0.1) is 31.9 Å². The first kappa shape index (κ1) is 31.0. The number of imidazole rings is 2. The predicted octanol–water partition coefficient (Wildman–Crippen LogP) is -3.08. The van der Waals surface area contributed by atoms with Crippen LogP contribution in [0.3, 0.4) is 0 Å². The number of H-pyrrole nitrogens is 2. The molecule has 11 N–H and O–H groups in total. The van der Waals surface area contributed by atoms with E-state index in [4.69, 9.17) is 44.8 Å². The zero-order valence-corrected chi connectivity index (χ0v) is 24.7. The zero-order chi connectivity index (χ0) is 32.7. The molecule has 3 aliphatic heterocycles. The normalized spacial score (nSPS) is 37.1. The minimum absolute atomic E-state index is 0.0405. The van der Waals surface area contributed by atoms with E-state index in [-0.39, 0.29) is 34.2 Å². The van der Waals surface area contributed by atoms with E-state index < -0.39 is 89.0 Å². The third kappa shape index (κ3) is 5.33. The Morgan fingerprint density at radius 2 is 1.26 bits per heavy atom. The van der Waals surface area contributed by atoms with Crippen LogP contribution in [0.5, 0.6) is 0 Å². The maximum absolute atomic E-state index is 13.1. The molecule has 4 aromatic heterocycles. The van der Waals surface area contributed by atoms with E-state index in [1.807, 2.05) is 0 Å². The number of fused-ring (bicyclic) bond motifs is 4. The quantitative estimate of drug-likeness (QED) is 0.0967. The molecule has 0 bridgehead atoms. The number of phosphoric ester groups is 2. The number of aromatic nitrogens is 8. The van der Waals surface area contributed by atoms with Gasteiger partial charge in [0.1, 0.15) is 30.5 Å². The number of nitrogen functional groups attached to an aromatic ring is 2. The van der Waals surface area contributed by atoms with Crippen molar-refractivity contribution in [3.63, 3.8) is 0 Å². The van der Waals surface area contributed by atoms with Crippen molar-refractivity contribution in [2.45, 2.75) is 49.0 Å². The highest BCUT2D eigenvalue weighted by Crippen LogP contribution is 2.53. The number of hydrogen-bond acceptors (Lipinski definition) is 18. The highest BCUT2D eigenvalue weighted by Gasteiger charge is 2.53. The summed E-state index contributed by atoms with van der Waals surface area (Å²) >= 11 is 0. The summed E-state index contributed by atoms with van der Waals surface area (Å²) in [6.45, 7) is -1.62. The van der Waals surface area contributed by atoms with Gasteiger partial charge in [0.15, 0.2) is 34.8 Å². The summed E-state index contributed by atoms with van der Waals surface area (Å²) in [5, 5.41) is 11.1. The molecule has 4 aromatic rings. The van der Waals surface area contributed by atoms with Crippen LogP contribution in [0.25, 0.3) is 22.3 Å². The van der Waals surface area contributed by atoms with E-state index in [0.29, 0.717) is 0 Å². The van der Waals surface area contributed by atoms with E-state index in [1.54, 1.807) is 0 Å². The fourth-order valence-corrected chi connectivity index (χ4v) is 7.40. The van der Waals surface area contributed by atoms with E-state index in [9.17, 15) is 33.6 Å². The van der Waals surface area contributed by atoms with Gasteiger partial charge in [0.25, 0.3) is 11.1 Å². The van der Waals surface area contributed by atoms with Crippen molar-refractivity contribution in [1.29, 1.82) is 0 Å². The van der Waals surface area contributed by atoms with E-state index in [2.05, 4.69) is 29.9 Å². The monoisotopic (exact) mass is 689 g/mol. The Kier molecular flexibility index (Phi) is 7.39. The van der Waals surface area contributed by atoms with Crippen LogP contribution < -0.4 is 28.3 Å². The summed E-state index contributed by atoms with van der Waals surface area (Å²) < 4.78 is 61.2. The summed E-state index contributed by atoms with van der Waals surface area (Å²) in [5.74, 6) is -0.510. The molecule has 3 fully saturated rings. The number of nitrogens with two attached hydrogens (primary N) is 3. The molecule has 46 heavy (non-hydrogen) atoms. The number of nitrogens with zero attached hydrogens (tertiary/aromatic N) is 6. The fraction of sp³-hybridized carbons (Fsp3) is 0.500. The summed E-state index contributed by atoms with van der Waals surface area (Å²) in [4.78, 5) is 66.2. The van der Waals surface area contributed by atoms with Crippen LogP contribution in [0.4, 0.5) is 11.9 Å². The molecular formula is C20H25N11O13P2. The van der Waals surface area contributed by atoms with Gasteiger partial charge in [-0.05, 0) is 0 Å². The Morgan fingerprint density at radius 3 is 1.80 bits per heavy atom. The first-order valence-electron chi connectivity index (χ1n) is 13.2. The number of aliphatic hydroxyl groups is 1. The standard InChI is InChI=1S/C20H25N11O13P2/c21-7-11-5(41-17(7)30-3-24-8-13(30)26-19(22)28-15(8)33)1-39-46(37,38)44-12-6(2-40-45(35,36)43-11)42-18(10(12)32)31-4-25-9-14(31)27-20(23)29-16(9)34/h3-7,10-12,17-18,32H,1-2,21H2,(H,35,36)(H,37,38)(H3,22,26,28,33)(H3,23,27,29,34)/t5-,6-,7-,10-,11-,12-,17-,18-/m1/s1. The number of phosphoric acid groups is 2. The van der Waals surface area contributed by atoms with Crippen molar-refractivity contribution in [3.8, 4) is 0 Å². The SMILES string of the molecule is Nc1nc2c(ncn2[C@@H]2O[C@@H]3COP(=O)(O)O[C@H]4[C@@H](O)[C@H](n5cnc6c(=O)[nH]c(N)nc65)O[C@@H]4COP(=O)(O)O[C@H]3[C@H]2N)c(=O)[nH]1. The Morgan fingerprint density at radius 1 is 0.804 bits per heavy atom. The molecule has 10 atom stereocenters. The molecule has 248 valence electrons. The number of ether oxygens (including phenoxy) is 2. The lowest BCUT2D eigenvalue weighted by Crippen LogP contribution is -2.42. The number of hydrogen-bond donors (Lipinski definition) is 8. The van der Waals surface area contributed by atoms with Crippen LogP contribution in [-0.4, -0.2) is 104 Å². The van der Waals surface area contributed by atoms with E-state index >= 15 is 0 Å². The second-order valence-electron chi connectivity index (χ2n) is 10.4. The third-order valence-corrected chi connectivity index (χ3v) is 9.43. The molecular weight excluding hydrogens is 664 g/mol. The zero-order valence-electron chi connectivity index (χ0n) is 22.9. The Bertz CT molecular complexity index is 1900. The van der Waals surface area contributed by atoms with Crippen molar-refractivity contribution >= 4 is 49.9 Å². The lowest BCUT2D eigenvalue weighted by Gasteiger charge is -2.28. The number of rotatable bonds is 2. The molecule has 7 heterocycles. The van der Waals surface area contributed by atoms with Gasteiger partial charge in [-0.1, -0.05) is 0 Å². The smallest absolute Gasteiger partial charge is 0.386 e. The second kappa shape index (κ2) is 11.0. The van der Waals surface area contributed by atoms with E-state index in [1.165, 1.54) is 10.9 Å². The first-order chi connectivity index (χ1) is 21.7. The fourth-order valence-electron chi connectivity index (χ4n) is 5.46. The maximum atomic E-state index is 13.1. The predicted molar refractivity (Wildman–Crippen MR) is 148 cm³/mol. The number of aromatic amines is 2. The summed E-state index contributed by atoms with van der Waals surface area (Å²) in [6, 6.07) is -1.29. The molecule has 0 saturated carbocycles. The molecule has 3 aliphatic rings. The van der Waals surface area contributed by atoms with Gasteiger partial charge in [0.2, 0.25) is 11.9 Å². The van der Waals surface area contributed by atoms with Gasteiger partial charge in [-0.25, -0.2) is 19.1 Å². The number of anilines is 2. The molecule has 0 radical (unpaired) electrons. The average Bonchev–Trinajstić information content (AvgIpc) is 3.72. The van der Waals surface area contributed by atoms with Gasteiger partial charge in [0, 0.05) is 0 Å². The first-order valence-corrected chi connectivity index (χ1v) is 16.2. The molecule has 26 heteroatoms. The van der Waals surface area contributed by atoms with Crippen molar-refractivity contribution in [3.05, 3.63) is 33.4 Å². The number of nitrogens with one attached hydrogen (secondary N) is 2. The molecule has 0 amide bonds. The van der Waals surface area contributed by atoms with Crippen LogP contribution in [0.15, 0.2) is 22.2 Å². The maximum Gasteiger partial charge on any atom is 0.472 e. The lowest BCUT2D eigenvalue weighted by molar-refractivity contribution is -0.0662. The highest BCUT2D eigenvalue weighted by atomic mass is 31.2. The van der Waals surface area contributed by atoms with Gasteiger partial charge in [-0.2, -0.15) is 9.97 Å². The lowest BCUT2D eigenvalue weighted by atomic mass is 10.1. The van der Waals surface area contributed by atoms with E-state index in [0.717, 1.165) is 10.9 Å². The molecule has 7 rings (SSSR count). The summed E-state index contributed by atoms with van der Waals surface area (Å²) in [5.41, 5.74) is 15.9. The van der Waals surface area contributed by atoms with Crippen molar-refractivity contribution in [1.82, 2.24) is 39.0 Å². The van der Waals surface area contributed by atoms with Crippen LogP contribution in [0, 0.1) is 0 Å². The Hall–Kier alpha value is -3.64. The minimum Gasteiger partial charge on any atom is -0.386 e. The molecule has 0 aliphatic carbocycles. The third-order valence-electron chi connectivity index (χ3n) is 7.46. The van der Waals surface area contributed by atoms with Crippen molar-refractivity contribution < 1.29 is 51.6 Å². The second-order valence-corrected chi connectivity index (χ2v) is 13.2. The summed E-state index contributed by atoms with van der Waals surface area (Å²) in [7, 11) is -10.1. The largest absolute Gasteiger partial charge is 0.472 e.